The molecule has 0 radical (unpaired) electrons. The van der Waals surface area contributed by atoms with Crippen LogP contribution in [0.1, 0.15) is 42.6 Å². The average Bonchev–Trinajstić information content (AvgIpc) is 3.22. The molecule has 33 heavy (non-hydrogen) atoms. The number of benzene rings is 2. The number of nitrogens with one attached hydrogen (secondary N) is 1. The number of carbonyl (C=O) groups is 2. The maximum absolute atomic E-state index is 13.5. The van der Waals surface area contributed by atoms with Gasteiger partial charge in [0.2, 0.25) is 0 Å². The Morgan fingerprint density at radius 1 is 1.00 bits per heavy atom. The molecule has 2 aromatic carbocycles. The number of aromatic amines is 1. The van der Waals surface area contributed by atoms with E-state index in [1.807, 2.05) is 55.6 Å². The fourth-order valence-electron chi connectivity index (χ4n) is 5.40. The molecule has 0 saturated heterocycles. The van der Waals surface area contributed by atoms with Crippen molar-refractivity contribution in [3.8, 4) is 0 Å². The molecule has 0 unspecified atom stereocenters. The van der Waals surface area contributed by atoms with Gasteiger partial charge in [-0.25, -0.2) is 4.79 Å². The first-order chi connectivity index (χ1) is 16.1. The molecule has 3 heterocycles. The number of aromatic nitrogens is 1. The molecular formula is C27H28N2O4. The van der Waals surface area contributed by atoms with Crippen LogP contribution in [0.2, 0.25) is 0 Å². The fourth-order valence-corrected chi connectivity index (χ4v) is 5.40. The van der Waals surface area contributed by atoms with E-state index in [-0.39, 0.29) is 31.2 Å². The van der Waals surface area contributed by atoms with E-state index in [1.165, 1.54) is 10.9 Å². The summed E-state index contributed by atoms with van der Waals surface area (Å²) in [5, 5.41) is 1.19. The first-order valence-corrected chi connectivity index (χ1v) is 11.6. The van der Waals surface area contributed by atoms with Gasteiger partial charge in [-0.1, -0.05) is 48.5 Å². The van der Waals surface area contributed by atoms with Crippen molar-refractivity contribution < 1.29 is 19.1 Å². The third-order valence-electron chi connectivity index (χ3n) is 6.69. The molecule has 0 spiro atoms. The van der Waals surface area contributed by atoms with Crippen molar-refractivity contribution in [1.82, 2.24) is 9.88 Å². The average molecular weight is 445 g/mol. The van der Waals surface area contributed by atoms with Crippen molar-refractivity contribution in [2.75, 3.05) is 19.8 Å². The van der Waals surface area contributed by atoms with Crippen molar-refractivity contribution in [3.05, 3.63) is 83.2 Å². The van der Waals surface area contributed by atoms with Crippen LogP contribution in [-0.4, -0.2) is 41.6 Å². The lowest BCUT2D eigenvalue weighted by atomic mass is 9.71. The highest BCUT2D eigenvalue weighted by molar-refractivity contribution is 5.93. The summed E-state index contributed by atoms with van der Waals surface area (Å²) in [6, 6.07) is 17.7. The van der Waals surface area contributed by atoms with Gasteiger partial charge in [-0.15, -0.1) is 0 Å². The Kier molecular flexibility index (Phi) is 5.67. The molecule has 5 rings (SSSR count). The molecule has 0 aliphatic carbocycles. The minimum Gasteiger partial charge on any atom is -0.466 e. The van der Waals surface area contributed by atoms with Crippen LogP contribution in [0.15, 0.2) is 66.4 Å². The molecule has 2 aliphatic heterocycles. The molecule has 0 saturated carbocycles. The summed E-state index contributed by atoms with van der Waals surface area (Å²) in [5.74, 6) is -1.75. The molecular weight excluding hydrogens is 416 g/mol. The van der Waals surface area contributed by atoms with Gasteiger partial charge < -0.3 is 19.4 Å². The SMILES string of the molecule is CCOC(=O)C1=CN2CCc3c([nH]c4ccccc34)[C@@H]2[C@H](C(=O)OCC)[C@@H]1c1ccccc1. The van der Waals surface area contributed by atoms with Crippen molar-refractivity contribution in [2.45, 2.75) is 32.2 Å². The number of para-hydroxylation sites is 1. The Bertz CT molecular complexity index is 1210. The van der Waals surface area contributed by atoms with Crippen molar-refractivity contribution in [2.24, 2.45) is 5.92 Å². The van der Waals surface area contributed by atoms with E-state index in [2.05, 4.69) is 22.0 Å². The van der Waals surface area contributed by atoms with Gasteiger partial charge in [-0.05, 0) is 37.5 Å². The molecule has 6 heteroatoms. The fraction of sp³-hybridized carbons (Fsp3) is 0.333. The summed E-state index contributed by atoms with van der Waals surface area (Å²) in [6.45, 7) is 4.87. The number of esters is 2. The van der Waals surface area contributed by atoms with Crippen LogP contribution >= 0.6 is 0 Å². The predicted molar refractivity (Wildman–Crippen MR) is 125 cm³/mol. The number of nitrogens with zero attached hydrogens (tertiary/aromatic N) is 1. The van der Waals surface area contributed by atoms with Crippen molar-refractivity contribution >= 4 is 22.8 Å². The van der Waals surface area contributed by atoms with Crippen LogP contribution in [0.4, 0.5) is 0 Å². The lowest BCUT2D eigenvalue weighted by Gasteiger charge is -2.46. The molecule has 6 nitrogen and oxygen atoms in total. The second kappa shape index (κ2) is 8.77. The van der Waals surface area contributed by atoms with Crippen LogP contribution in [0, 0.1) is 5.92 Å². The Balaban J connectivity index is 1.72. The van der Waals surface area contributed by atoms with Crippen molar-refractivity contribution in [1.29, 1.82) is 0 Å². The quantitative estimate of drug-likeness (QED) is 0.587. The highest BCUT2D eigenvalue weighted by atomic mass is 16.5. The molecule has 3 atom stereocenters. The Morgan fingerprint density at radius 2 is 1.73 bits per heavy atom. The monoisotopic (exact) mass is 444 g/mol. The zero-order valence-corrected chi connectivity index (χ0v) is 18.9. The van der Waals surface area contributed by atoms with Gasteiger partial charge in [0.05, 0.1) is 30.7 Å². The van der Waals surface area contributed by atoms with Crippen molar-refractivity contribution in [3.63, 3.8) is 0 Å². The molecule has 1 aromatic heterocycles. The Morgan fingerprint density at radius 3 is 2.48 bits per heavy atom. The van der Waals surface area contributed by atoms with Crippen LogP contribution < -0.4 is 0 Å². The summed E-state index contributed by atoms with van der Waals surface area (Å²) >= 11 is 0. The van der Waals surface area contributed by atoms with Crippen LogP contribution in [-0.2, 0) is 25.5 Å². The van der Waals surface area contributed by atoms with Gasteiger partial charge in [-0.3, -0.25) is 4.79 Å². The Labute approximate surface area is 193 Å². The standard InChI is InChI=1S/C27H28N2O4/c1-3-32-26(30)20-16-29-15-14-19-18-12-8-9-13-21(18)28-24(19)25(29)23(27(31)33-4-2)22(20)17-10-6-5-7-11-17/h5-13,16,22-23,25,28H,3-4,14-15H2,1-2H3/t22-,23-,25+/m1/s1. The largest absolute Gasteiger partial charge is 0.466 e. The van der Waals surface area contributed by atoms with E-state index in [0.717, 1.165) is 23.2 Å². The summed E-state index contributed by atoms with van der Waals surface area (Å²) in [4.78, 5) is 32.3. The summed E-state index contributed by atoms with van der Waals surface area (Å²) in [7, 11) is 0. The maximum Gasteiger partial charge on any atom is 0.336 e. The van der Waals surface area contributed by atoms with Crippen LogP contribution in [0.25, 0.3) is 10.9 Å². The molecule has 2 aliphatic rings. The highest BCUT2D eigenvalue weighted by Crippen LogP contribution is 2.50. The molecule has 0 bridgehead atoms. The van der Waals surface area contributed by atoms with Gasteiger partial charge in [0.15, 0.2) is 0 Å². The zero-order valence-electron chi connectivity index (χ0n) is 18.9. The number of ether oxygens (including phenoxy) is 2. The lowest BCUT2D eigenvalue weighted by Crippen LogP contribution is -2.47. The van der Waals surface area contributed by atoms with Gasteiger partial charge in [0.25, 0.3) is 0 Å². The normalized spacial score (nSPS) is 21.7. The molecule has 170 valence electrons. The topological polar surface area (TPSA) is 71.6 Å². The van der Waals surface area contributed by atoms with Crippen LogP contribution in [0.3, 0.4) is 0 Å². The van der Waals surface area contributed by atoms with Gasteiger partial charge in [0, 0.05) is 35.3 Å². The molecule has 0 fully saturated rings. The minimum absolute atomic E-state index is 0.261. The Hall–Kier alpha value is -3.54. The third kappa shape index (κ3) is 3.59. The van der Waals surface area contributed by atoms with E-state index in [9.17, 15) is 9.59 Å². The van der Waals surface area contributed by atoms with Gasteiger partial charge >= 0.3 is 11.9 Å². The zero-order chi connectivity index (χ0) is 22.9. The highest BCUT2D eigenvalue weighted by Gasteiger charge is 2.50. The maximum atomic E-state index is 13.5. The van der Waals surface area contributed by atoms with E-state index in [1.54, 1.807) is 6.92 Å². The predicted octanol–water partition coefficient (Wildman–Crippen LogP) is 4.49. The smallest absolute Gasteiger partial charge is 0.336 e. The van der Waals surface area contributed by atoms with Crippen LogP contribution in [0.5, 0.6) is 0 Å². The lowest BCUT2D eigenvalue weighted by molar-refractivity contribution is -0.152. The van der Waals surface area contributed by atoms with E-state index < -0.39 is 11.8 Å². The number of hydrogen-bond donors (Lipinski definition) is 1. The van der Waals surface area contributed by atoms with E-state index in [0.29, 0.717) is 12.1 Å². The van der Waals surface area contributed by atoms with Gasteiger partial charge in [0.1, 0.15) is 0 Å². The summed E-state index contributed by atoms with van der Waals surface area (Å²) in [5.41, 5.74) is 4.72. The number of carbonyl (C=O) groups excluding carboxylic acids is 2. The van der Waals surface area contributed by atoms with E-state index >= 15 is 0 Å². The van der Waals surface area contributed by atoms with E-state index in [4.69, 9.17) is 9.47 Å². The summed E-state index contributed by atoms with van der Waals surface area (Å²) < 4.78 is 11.0. The van der Waals surface area contributed by atoms with Gasteiger partial charge in [-0.2, -0.15) is 0 Å². The number of H-pyrrole nitrogens is 1. The number of hydrogen-bond acceptors (Lipinski definition) is 5. The second-order valence-corrected chi connectivity index (χ2v) is 8.47. The molecule has 3 aromatic rings. The molecule has 0 amide bonds. The first-order valence-electron chi connectivity index (χ1n) is 11.6. The first kappa shape index (κ1) is 21.3. The summed E-state index contributed by atoms with van der Waals surface area (Å²) in [6.07, 6.45) is 2.73. The number of fused-ring (bicyclic) bond motifs is 5. The third-order valence-corrected chi connectivity index (χ3v) is 6.69. The minimum atomic E-state index is -0.594. The number of rotatable bonds is 5. The molecule has 1 N–H and O–H groups in total. The second-order valence-electron chi connectivity index (χ2n) is 8.47.